The van der Waals surface area contributed by atoms with E-state index in [0.717, 1.165) is 36.1 Å². The minimum atomic E-state index is -0.715. The number of carbonyl (C=O) groups is 2. The molecule has 160 valence electrons. The maximum atomic E-state index is 12.8. The Bertz CT molecular complexity index is 919. The number of amides is 2. The molecule has 30 heavy (non-hydrogen) atoms. The van der Waals surface area contributed by atoms with Crippen LogP contribution >= 0.6 is 0 Å². The van der Waals surface area contributed by atoms with Gasteiger partial charge in [0.1, 0.15) is 5.75 Å². The van der Waals surface area contributed by atoms with Gasteiger partial charge >= 0.3 is 0 Å². The van der Waals surface area contributed by atoms with Gasteiger partial charge in [0.2, 0.25) is 0 Å². The van der Waals surface area contributed by atoms with Gasteiger partial charge in [-0.1, -0.05) is 18.2 Å². The van der Waals surface area contributed by atoms with Crippen LogP contribution in [-0.2, 0) is 9.53 Å². The van der Waals surface area contributed by atoms with Crippen molar-refractivity contribution in [3.05, 3.63) is 58.7 Å². The van der Waals surface area contributed by atoms with Crippen LogP contribution in [-0.4, -0.2) is 37.2 Å². The summed E-state index contributed by atoms with van der Waals surface area (Å²) in [4.78, 5) is 25.4. The highest BCUT2D eigenvalue weighted by atomic mass is 16.5. The van der Waals surface area contributed by atoms with Crippen LogP contribution in [0.25, 0.3) is 0 Å². The smallest absolute Gasteiger partial charge is 0.265 e. The first kappa shape index (κ1) is 21.8. The quantitative estimate of drug-likeness (QED) is 0.725. The van der Waals surface area contributed by atoms with Gasteiger partial charge in [0.15, 0.2) is 6.10 Å². The summed E-state index contributed by atoms with van der Waals surface area (Å²) >= 11 is 0. The molecule has 1 saturated heterocycles. The second kappa shape index (κ2) is 9.76. The number of hydrogen-bond acceptors (Lipinski definition) is 4. The average Bonchev–Trinajstić information content (AvgIpc) is 3.24. The van der Waals surface area contributed by atoms with E-state index in [-0.39, 0.29) is 17.9 Å². The summed E-state index contributed by atoms with van der Waals surface area (Å²) in [5.74, 6) is 0.144. The largest absolute Gasteiger partial charge is 0.481 e. The monoisotopic (exact) mass is 410 g/mol. The lowest BCUT2D eigenvalue weighted by molar-refractivity contribution is -0.122. The zero-order chi connectivity index (χ0) is 21.7. The number of rotatable bonds is 7. The Labute approximate surface area is 178 Å². The molecule has 0 bridgehead atoms. The molecule has 0 aromatic heterocycles. The summed E-state index contributed by atoms with van der Waals surface area (Å²) in [5.41, 5.74) is 4.08. The van der Waals surface area contributed by atoms with Gasteiger partial charge in [0.05, 0.1) is 17.4 Å². The molecule has 6 nitrogen and oxygen atoms in total. The van der Waals surface area contributed by atoms with E-state index in [4.69, 9.17) is 9.47 Å². The second-order valence-corrected chi connectivity index (χ2v) is 7.84. The number of nitrogens with one attached hydrogen (secondary N) is 2. The Balaban J connectivity index is 1.65. The number of benzene rings is 2. The number of para-hydroxylation sites is 1. The fourth-order valence-electron chi connectivity index (χ4n) is 3.50. The SMILES string of the molecule is Cc1cc(C)c(C)c(OC(C)C(=O)Nc2ccccc2C(=O)NCC2CCCO2)c1. The standard InChI is InChI=1S/C24H30N2O4/c1-15-12-16(2)17(3)22(13-15)30-18(4)23(27)26-21-10-6-5-9-20(21)24(28)25-14-19-8-7-11-29-19/h5-6,9-10,12-13,18-19H,7-8,11,14H2,1-4H3,(H,25,28)(H,26,27). The zero-order valence-corrected chi connectivity index (χ0v) is 18.1. The highest BCUT2D eigenvalue weighted by Gasteiger charge is 2.21. The summed E-state index contributed by atoms with van der Waals surface area (Å²) in [6, 6.07) is 11.0. The van der Waals surface area contributed by atoms with Crippen LogP contribution in [0, 0.1) is 20.8 Å². The first-order valence-electron chi connectivity index (χ1n) is 10.4. The van der Waals surface area contributed by atoms with Crippen molar-refractivity contribution in [2.45, 2.75) is 52.7 Å². The van der Waals surface area contributed by atoms with E-state index >= 15 is 0 Å². The van der Waals surface area contributed by atoms with Crippen LogP contribution in [0.3, 0.4) is 0 Å². The number of ether oxygens (including phenoxy) is 2. The Morgan fingerprint density at radius 2 is 1.97 bits per heavy atom. The van der Waals surface area contributed by atoms with Gasteiger partial charge < -0.3 is 20.1 Å². The Morgan fingerprint density at radius 3 is 2.70 bits per heavy atom. The molecule has 2 N–H and O–H groups in total. The van der Waals surface area contributed by atoms with E-state index < -0.39 is 6.10 Å². The number of hydrogen-bond donors (Lipinski definition) is 2. The molecular formula is C24H30N2O4. The van der Waals surface area contributed by atoms with E-state index in [1.807, 2.05) is 26.8 Å². The van der Waals surface area contributed by atoms with E-state index in [9.17, 15) is 9.59 Å². The molecule has 0 spiro atoms. The van der Waals surface area contributed by atoms with Crippen LogP contribution < -0.4 is 15.4 Å². The summed E-state index contributed by atoms with van der Waals surface area (Å²) < 4.78 is 11.5. The van der Waals surface area contributed by atoms with Crippen molar-refractivity contribution in [1.29, 1.82) is 0 Å². The molecule has 0 saturated carbocycles. The first-order valence-corrected chi connectivity index (χ1v) is 10.4. The molecule has 1 fully saturated rings. The predicted molar refractivity (Wildman–Crippen MR) is 117 cm³/mol. The van der Waals surface area contributed by atoms with E-state index in [0.29, 0.717) is 23.5 Å². The number of carbonyl (C=O) groups excluding carboxylic acids is 2. The van der Waals surface area contributed by atoms with E-state index in [1.54, 1.807) is 31.2 Å². The van der Waals surface area contributed by atoms with E-state index in [1.165, 1.54) is 0 Å². The summed E-state index contributed by atoms with van der Waals surface area (Å²) in [5, 5.41) is 5.73. The third kappa shape index (κ3) is 5.39. The molecule has 2 amide bonds. The summed E-state index contributed by atoms with van der Waals surface area (Å²) in [7, 11) is 0. The molecule has 2 aromatic rings. The highest BCUT2D eigenvalue weighted by molar-refractivity contribution is 6.04. The number of anilines is 1. The van der Waals surface area contributed by atoms with Gasteiger partial charge in [-0.15, -0.1) is 0 Å². The van der Waals surface area contributed by atoms with Gasteiger partial charge in [-0.05, 0) is 75.4 Å². The predicted octanol–water partition coefficient (Wildman–Crippen LogP) is 3.93. The highest BCUT2D eigenvalue weighted by Crippen LogP contribution is 2.25. The maximum absolute atomic E-state index is 12.8. The minimum absolute atomic E-state index is 0.0603. The first-order chi connectivity index (χ1) is 14.3. The molecule has 2 unspecified atom stereocenters. The average molecular weight is 411 g/mol. The van der Waals surface area contributed by atoms with Crippen LogP contribution in [0.2, 0.25) is 0 Å². The Hall–Kier alpha value is -2.86. The fraction of sp³-hybridized carbons (Fsp3) is 0.417. The van der Waals surface area contributed by atoms with Crippen molar-refractivity contribution < 1.29 is 19.1 Å². The maximum Gasteiger partial charge on any atom is 0.265 e. The van der Waals surface area contributed by atoms with Gasteiger partial charge in [0, 0.05) is 13.2 Å². The lowest BCUT2D eigenvalue weighted by atomic mass is 10.1. The van der Waals surface area contributed by atoms with Crippen molar-refractivity contribution >= 4 is 17.5 Å². The van der Waals surface area contributed by atoms with Crippen molar-refractivity contribution in [3.63, 3.8) is 0 Å². The molecule has 3 rings (SSSR count). The normalized spacial score (nSPS) is 16.7. The summed E-state index contributed by atoms with van der Waals surface area (Å²) in [6.07, 6.45) is 1.31. The lowest BCUT2D eigenvalue weighted by Crippen LogP contribution is -2.34. The second-order valence-electron chi connectivity index (χ2n) is 7.84. The molecule has 0 aliphatic carbocycles. The van der Waals surface area contributed by atoms with Crippen LogP contribution in [0.1, 0.15) is 46.8 Å². The molecule has 1 heterocycles. The van der Waals surface area contributed by atoms with Crippen molar-refractivity contribution in [2.24, 2.45) is 0 Å². The molecular weight excluding hydrogens is 380 g/mol. The molecule has 6 heteroatoms. The van der Waals surface area contributed by atoms with Crippen molar-refractivity contribution in [3.8, 4) is 5.75 Å². The van der Waals surface area contributed by atoms with Crippen LogP contribution in [0.15, 0.2) is 36.4 Å². The zero-order valence-electron chi connectivity index (χ0n) is 18.1. The molecule has 0 radical (unpaired) electrons. The fourth-order valence-corrected chi connectivity index (χ4v) is 3.50. The molecule has 2 aromatic carbocycles. The van der Waals surface area contributed by atoms with Gasteiger partial charge in [0.25, 0.3) is 11.8 Å². The van der Waals surface area contributed by atoms with Gasteiger partial charge in [-0.2, -0.15) is 0 Å². The van der Waals surface area contributed by atoms with Gasteiger partial charge in [-0.25, -0.2) is 0 Å². The van der Waals surface area contributed by atoms with Gasteiger partial charge in [-0.3, -0.25) is 9.59 Å². The molecule has 1 aliphatic heterocycles. The molecule has 2 atom stereocenters. The number of aryl methyl sites for hydroxylation is 2. The minimum Gasteiger partial charge on any atom is -0.481 e. The molecule has 1 aliphatic rings. The third-order valence-corrected chi connectivity index (χ3v) is 5.38. The van der Waals surface area contributed by atoms with Crippen LogP contribution in [0.5, 0.6) is 5.75 Å². The summed E-state index contributed by atoms with van der Waals surface area (Å²) in [6.45, 7) is 8.90. The third-order valence-electron chi connectivity index (χ3n) is 5.38. The Morgan fingerprint density at radius 1 is 1.20 bits per heavy atom. The van der Waals surface area contributed by atoms with E-state index in [2.05, 4.69) is 16.7 Å². The lowest BCUT2D eigenvalue weighted by Gasteiger charge is -2.19. The van der Waals surface area contributed by atoms with Crippen LogP contribution in [0.4, 0.5) is 5.69 Å². The van der Waals surface area contributed by atoms with Crippen molar-refractivity contribution in [2.75, 3.05) is 18.5 Å². The topological polar surface area (TPSA) is 76.7 Å². The Kier molecular flexibility index (Phi) is 7.11. The van der Waals surface area contributed by atoms with Crippen molar-refractivity contribution in [1.82, 2.24) is 5.32 Å².